The first-order valence-electron chi connectivity index (χ1n) is 6.24. The number of carbonyl (C=O) groups is 1. The number of rotatable bonds is 3. The molecule has 19 heavy (non-hydrogen) atoms. The van der Waals surface area contributed by atoms with Gasteiger partial charge in [-0.25, -0.2) is 0 Å². The molecule has 0 saturated carbocycles. The number of piperazine rings is 1. The normalized spacial score (nSPS) is 19.6. The Morgan fingerprint density at radius 2 is 2.37 bits per heavy atom. The highest BCUT2D eigenvalue weighted by Crippen LogP contribution is 2.21. The molecule has 1 aromatic carbocycles. The van der Waals surface area contributed by atoms with Crippen molar-refractivity contribution < 1.29 is 9.53 Å². The lowest BCUT2D eigenvalue weighted by Gasteiger charge is -2.32. The van der Waals surface area contributed by atoms with Crippen LogP contribution in [-0.4, -0.2) is 37.0 Å². The quantitative estimate of drug-likeness (QED) is 0.875. The molecule has 1 aromatic rings. The molecular formula is C14H17N3O2. The maximum atomic E-state index is 11.6. The Balaban J connectivity index is 2.15. The summed E-state index contributed by atoms with van der Waals surface area (Å²) in [5, 5.41) is 11.8. The van der Waals surface area contributed by atoms with Crippen LogP contribution >= 0.6 is 0 Å². The Morgan fingerprint density at radius 3 is 3.05 bits per heavy atom. The van der Waals surface area contributed by atoms with E-state index < -0.39 is 0 Å². The summed E-state index contributed by atoms with van der Waals surface area (Å²) in [5.41, 5.74) is 1.56. The number of nitriles is 1. The SMILES string of the molecule is COc1cc(CN2CCNC(=O)C2C)ccc1C#N. The summed E-state index contributed by atoms with van der Waals surface area (Å²) >= 11 is 0. The van der Waals surface area contributed by atoms with E-state index in [0.29, 0.717) is 24.4 Å². The molecule has 1 aliphatic rings. The minimum Gasteiger partial charge on any atom is -0.495 e. The molecule has 0 spiro atoms. The van der Waals surface area contributed by atoms with Crippen LogP contribution < -0.4 is 10.1 Å². The van der Waals surface area contributed by atoms with Crippen LogP contribution in [0.4, 0.5) is 0 Å². The summed E-state index contributed by atoms with van der Waals surface area (Å²) in [6.07, 6.45) is 0. The summed E-state index contributed by atoms with van der Waals surface area (Å²) < 4.78 is 5.19. The molecular weight excluding hydrogens is 242 g/mol. The molecule has 0 bridgehead atoms. The topological polar surface area (TPSA) is 65.4 Å². The maximum absolute atomic E-state index is 11.6. The molecule has 0 radical (unpaired) electrons. The molecule has 0 aliphatic carbocycles. The molecule has 0 aromatic heterocycles. The summed E-state index contributed by atoms with van der Waals surface area (Å²) in [5.74, 6) is 0.640. The van der Waals surface area contributed by atoms with E-state index in [0.717, 1.165) is 12.1 Å². The fourth-order valence-corrected chi connectivity index (χ4v) is 2.21. The van der Waals surface area contributed by atoms with E-state index in [-0.39, 0.29) is 11.9 Å². The number of hydrogen-bond acceptors (Lipinski definition) is 4. The average molecular weight is 259 g/mol. The van der Waals surface area contributed by atoms with E-state index in [2.05, 4.69) is 16.3 Å². The van der Waals surface area contributed by atoms with Crippen molar-refractivity contribution in [3.05, 3.63) is 29.3 Å². The first kappa shape index (κ1) is 13.4. The number of nitrogens with zero attached hydrogens (tertiary/aromatic N) is 2. The molecule has 1 saturated heterocycles. The molecule has 5 heteroatoms. The number of carbonyl (C=O) groups excluding carboxylic acids is 1. The van der Waals surface area contributed by atoms with Crippen molar-refractivity contribution in [2.45, 2.75) is 19.5 Å². The maximum Gasteiger partial charge on any atom is 0.237 e. The van der Waals surface area contributed by atoms with Crippen molar-refractivity contribution in [1.29, 1.82) is 5.26 Å². The van der Waals surface area contributed by atoms with Crippen molar-refractivity contribution in [1.82, 2.24) is 10.2 Å². The number of hydrogen-bond donors (Lipinski definition) is 1. The Hall–Kier alpha value is -2.06. The Bertz CT molecular complexity index is 522. The highest BCUT2D eigenvalue weighted by atomic mass is 16.5. The zero-order valence-corrected chi connectivity index (χ0v) is 11.1. The lowest BCUT2D eigenvalue weighted by atomic mass is 10.1. The largest absolute Gasteiger partial charge is 0.495 e. The number of amides is 1. The van der Waals surface area contributed by atoms with Crippen LogP contribution in [0.15, 0.2) is 18.2 Å². The van der Waals surface area contributed by atoms with Gasteiger partial charge >= 0.3 is 0 Å². The lowest BCUT2D eigenvalue weighted by Crippen LogP contribution is -2.53. The van der Waals surface area contributed by atoms with E-state index >= 15 is 0 Å². The lowest BCUT2D eigenvalue weighted by molar-refractivity contribution is -0.128. The highest BCUT2D eigenvalue weighted by molar-refractivity contribution is 5.81. The van der Waals surface area contributed by atoms with E-state index in [1.165, 1.54) is 0 Å². The monoisotopic (exact) mass is 259 g/mol. The zero-order chi connectivity index (χ0) is 13.8. The Kier molecular flexibility index (Phi) is 4.03. The van der Waals surface area contributed by atoms with E-state index in [1.807, 2.05) is 19.1 Å². The van der Waals surface area contributed by atoms with Gasteiger partial charge in [0.25, 0.3) is 0 Å². The summed E-state index contributed by atoms with van der Waals surface area (Å²) in [6.45, 7) is 4.08. The van der Waals surface area contributed by atoms with Gasteiger partial charge in [-0.15, -0.1) is 0 Å². The van der Waals surface area contributed by atoms with Crippen LogP contribution in [0.5, 0.6) is 5.75 Å². The third-order valence-electron chi connectivity index (χ3n) is 3.40. The van der Waals surface area contributed by atoms with Gasteiger partial charge in [0.05, 0.1) is 18.7 Å². The summed E-state index contributed by atoms with van der Waals surface area (Å²) in [7, 11) is 1.55. The van der Waals surface area contributed by atoms with Gasteiger partial charge in [0.1, 0.15) is 11.8 Å². The summed E-state index contributed by atoms with van der Waals surface area (Å²) in [6, 6.07) is 7.48. The minimum absolute atomic E-state index is 0.0619. The highest BCUT2D eigenvalue weighted by Gasteiger charge is 2.25. The van der Waals surface area contributed by atoms with Crippen LogP contribution in [0.1, 0.15) is 18.1 Å². The first-order chi connectivity index (χ1) is 9.15. The molecule has 100 valence electrons. The van der Waals surface area contributed by atoms with E-state index in [4.69, 9.17) is 10.00 Å². The average Bonchev–Trinajstić information content (AvgIpc) is 2.43. The number of ether oxygens (including phenoxy) is 1. The second kappa shape index (κ2) is 5.72. The number of benzene rings is 1. The van der Waals surface area contributed by atoms with Crippen molar-refractivity contribution in [3.8, 4) is 11.8 Å². The van der Waals surface area contributed by atoms with Gasteiger partial charge in [0.15, 0.2) is 0 Å². The molecule has 1 unspecified atom stereocenters. The Morgan fingerprint density at radius 1 is 1.58 bits per heavy atom. The molecule has 1 aliphatic heterocycles. The molecule has 2 rings (SSSR count). The van der Waals surface area contributed by atoms with Crippen LogP contribution in [0, 0.1) is 11.3 Å². The van der Waals surface area contributed by atoms with Gasteiger partial charge in [-0.2, -0.15) is 5.26 Å². The molecule has 1 atom stereocenters. The van der Waals surface area contributed by atoms with Gasteiger partial charge in [-0.3, -0.25) is 9.69 Å². The molecule has 1 heterocycles. The smallest absolute Gasteiger partial charge is 0.237 e. The van der Waals surface area contributed by atoms with Crippen LogP contribution in [0.3, 0.4) is 0 Å². The summed E-state index contributed by atoms with van der Waals surface area (Å²) in [4.78, 5) is 13.7. The molecule has 1 amide bonds. The fourth-order valence-electron chi connectivity index (χ4n) is 2.21. The second-order valence-corrected chi connectivity index (χ2v) is 4.58. The van der Waals surface area contributed by atoms with Crippen molar-refractivity contribution in [2.24, 2.45) is 0 Å². The molecule has 5 nitrogen and oxygen atoms in total. The number of methoxy groups -OCH3 is 1. The third kappa shape index (κ3) is 2.85. The van der Waals surface area contributed by atoms with Gasteiger partial charge < -0.3 is 10.1 Å². The van der Waals surface area contributed by atoms with Crippen LogP contribution in [-0.2, 0) is 11.3 Å². The first-order valence-corrected chi connectivity index (χ1v) is 6.24. The second-order valence-electron chi connectivity index (χ2n) is 4.58. The van der Waals surface area contributed by atoms with E-state index in [1.54, 1.807) is 13.2 Å². The van der Waals surface area contributed by atoms with Crippen LogP contribution in [0.25, 0.3) is 0 Å². The predicted molar refractivity (Wildman–Crippen MR) is 70.6 cm³/mol. The molecule has 1 N–H and O–H groups in total. The van der Waals surface area contributed by atoms with Crippen molar-refractivity contribution >= 4 is 5.91 Å². The standard InChI is InChI=1S/C14H17N3O2/c1-10-14(18)16-5-6-17(10)9-11-3-4-12(8-15)13(7-11)19-2/h3-4,7,10H,5-6,9H2,1-2H3,(H,16,18). The number of nitrogens with one attached hydrogen (secondary N) is 1. The van der Waals surface area contributed by atoms with Crippen molar-refractivity contribution in [2.75, 3.05) is 20.2 Å². The van der Waals surface area contributed by atoms with Crippen LogP contribution in [0.2, 0.25) is 0 Å². The van der Waals surface area contributed by atoms with Gasteiger partial charge in [0, 0.05) is 19.6 Å². The van der Waals surface area contributed by atoms with E-state index in [9.17, 15) is 4.79 Å². The zero-order valence-electron chi connectivity index (χ0n) is 11.1. The van der Waals surface area contributed by atoms with Gasteiger partial charge in [0.2, 0.25) is 5.91 Å². The Labute approximate surface area is 112 Å². The van der Waals surface area contributed by atoms with Gasteiger partial charge in [-0.05, 0) is 24.6 Å². The molecule has 1 fully saturated rings. The third-order valence-corrected chi connectivity index (χ3v) is 3.40. The fraction of sp³-hybridized carbons (Fsp3) is 0.429. The van der Waals surface area contributed by atoms with Crippen molar-refractivity contribution in [3.63, 3.8) is 0 Å². The van der Waals surface area contributed by atoms with Gasteiger partial charge in [-0.1, -0.05) is 6.07 Å². The predicted octanol–water partition coefficient (Wildman–Crippen LogP) is 0.887. The minimum atomic E-state index is -0.129.